The Morgan fingerprint density at radius 1 is 0.889 bits per heavy atom. The fourth-order valence-electron chi connectivity index (χ4n) is 2.04. The third-order valence-corrected chi connectivity index (χ3v) is 4.83. The maximum absolute atomic E-state index is 4.71. The molecule has 0 radical (unpaired) electrons. The Hall–Kier alpha value is -1.78. The molecule has 86 valence electrons. The quantitative estimate of drug-likeness (QED) is 0.505. The molecule has 0 bridgehead atoms. The summed E-state index contributed by atoms with van der Waals surface area (Å²) in [6.45, 7) is 0. The van der Waals surface area contributed by atoms with Gasteiger partial charge in [-0.05, 0) is 18.2 Å². The van der Waals surface area contributed by atoms with Crippen molar-refractivity contribution >= 4 is 43.1 Å². The zero-order chi connectivity index (χ0) is 11.9. The molecule has 0 saturated carbocycles. The molecule has 18 heavy (non-hydrogen) atoms. The second-order valence-electron chi connectivity index (χ2n) is 3.99. The van der Waals surface area contributed by atoms with Gasteiger partial charge in [0, 0.05) is 5.56 Å². The molecule has 0 fully saturated rings. The van der Waals surface area contributed by atoms with Crippen molar-refractivity contribution in [3.05, 3.63) is 48.0 Å². The highest BCUT2D eigenvalue weighted by molar-refractivity contribution is 7.22. The van der Waals surface area contributed by atoms with E-state index in [1.165, 1.54) is 15.0 Å². The molecule has 0 spiro atoms. The van der Waals surface area contributed by atoms with Crippen LogP contribution in [0.3, 0.4) is 0 Å². The lowest BCUT2D eigenvalue weighted by molar-refractivity contribution is 1.48. The molecule has 0 amide bonds. The Balaban J connectivity index is 2.04. The van der Waals surface area contributed by atoms with Gasteiger partial charge in [0.15, 0.2) is 0 Å². The van der Waals surface area contributed by atoms with Crippen LogP contribution >= 0.6 is 22.7 Å². The fourth-order valence-corrected chi connectivity index (χ4v) is 3.91. The zero-order valence-electron chi connectivity index (χ0n) is 9.33. The summed E-state index contributed by atoms with van der Waals surface area (Å²) in [7, 11) is 0. The van der Waals surface area contributed by atoms with E-state index >= 15 is 0 Å². The Morgan fingerprint density at radius 3 is 2.72 bits per heavy atom. The van der Waals surface area contributed by atoms with Gasteiger partial charge in [0.05, 0.1) is 25.9 Å². The van der Waals surface area contributed by atoms with Crippen LogP contribution in [0.4, 0.5) is 0 Å². The van der Waals surface area contributed by atoms with Crippen LogP contribution in [0.5, 0.6) is 0 Å². The Bertz CT molecular complexity index is 812. The summed E-state index contributed by atoms with van der Waals surface area (Å²) in [5.74, 6) is 0. The lowest BCUT2D eigenvalue weighted by Crippen LogP contribution is -1.76. The molecule has 4 rings (SSSR count). The maximum atomic E-state index is 4.71. The number of nitrogens with zero attached hydrogens (tertiary/aromatic N) is 2. The van der Waals surface area contributed by atoms with E-state index in [2.05, 4.69) is 29.2 Å². The SMILES string of the molecule is c1ccc2sc(-c3cccc4ncsc34)nc2c1. The fraction of sp³-hybridized carbons (Fsp3) is 0. The first-order chi connectivity index (χ1) is 8.92. The van der Waals surface area contributed by atoms with Gasteiger partial charge in [-0.1, -0.05) is 24.3 Å². The molecule has 0 saturated heterocycles. The summed E-state index contributed by atoms with van der Waals surface area (Å²) in [6, 6.07) is 14.5. The van der Waals surface area contributed by atoms with E-state index in [-0.39, 0.29) is 0 Å². The van der Waals surface area contributed by atoms with Crippen molar-refractivity contribution in [3.63, 3.8) is 0 Å². The second kappa shape index (κ2) is 3.86. The number of thiazole rings is 2. The molecule has 0 unspecified atom stereocenters. The minimum Gasteiger partial charge on any atom is -0.245 e. The highest BCUT2D eigenvalue weighted by Gasteiger charge is 2.10. The van der Waals surface area contributed by atoms with Crippen LogP contribution in [0.25, 0.3) is 31.0 Å². The average Bonchev–Trinajstić information content (AvgIpc) is 3.04. The van der Waals surface area contributed by atoms with E-state index in [1.54, 1.807) is 22.7 Å². The van der Waals surface area contributed by atoms with Gasteiger partial charge in [-0.15, -0.1) is 22.7 Å². The first-order valence-corrected chi connectivity index (χ1v) is 7.29. The number of fused-ring (bicyclic) bond motifs is 2. The minimum atomic E-state index is 1.05. The third kappa shape index (κ3) is 1.46. The van der Waals surface area contributed by atoms with E-state index in [0.717, 1.165) is 16.0 Å². The number of para-hydroxylation sites is 1. The Kier molecular flexibility index (Phi) is 2.18. The first kappa shape index (κ1) is 10.2. The molecule has 2 heterocycles. The van der Waals surface area contributed by atoms with E-state index in [9.17, 15) is 0 Å². The van der Waals surface area contributed by atoms with Crippen molar-refractivity contribution in [1.29, 1.82) is 0 Å². The van der Waals surface area contributed by atoms with Crippen LogP contribution in [0.2, 0.25) is 0 Å². The maximum Gasteiger partial charge on any atom is 0.126 e. The summed E-state index contributed by atoms with van der Waals surface area (Å²) in [5, 5.41) is 1.08. The number of hydrogen-bond donors (Lipinski definition) is 0. The molecule has 0 atom stereocenters. The summed E-state index contributed by atoms with van der Waals surface area (Å²) in [4.78, 5) is 9.06. The summed E-state index contributed by atoms with van der Waals surface area (Å²) >= 11 is 3.41. The molecule has 2 nitrogen and oxygen atoms in total. The van der Waals surface area contributed by atoms with Gasteiger partial charge in [0.25, 0.3) is 0 Å². The van der Waals surface area contributed by atoms with Crippen LogP contribution in [0, 0.1) is 0 Å². The van der Waals surface area contributed by atoms with Crippen molar-refractivity contribution in [2.24, 2.45) is 0 Å². The van der Waals surface area contributed by atoms with Gasteiger partial charge in [-0.3, -0.25) is 0 Å². The van der Waals surface area contributed by atoms with Gasteiger partial charge in [0.2, 0.25) is 0 Å². The lowest BCUT2D eigenvalue weighted by Gasteiger charge is -1.96. The highest BCUT2D eigenvalue weighted by Crippen LogP contribution is 2.35. The molecule has 0 aliphatic carbocycles. The van der Waals surface area contributed by atoms with Crippen LogP contribution < -0.4 is 0 Å². The molecular formula is C14H8N2S2. The Labute approximate surface area is 112 Å². The summed E-state index contributed by atoms with van der Waals surface area (Å²) in [5.41, 5.74) is 5.20. The molecule has 2 aromatic heterocycles. The van der Waals surface area contributed by atoms with Crippen molar-refractivity contribution in [2.75, 3.05) is 0 Å². The van der Waals surface area contributed by atoms with Crippen molar-refractivity contribution in [3.8, 4) is 10.6 Å². The molecular weight excluding hydrogens is 260 g/mol. The number of aromatic nitrogens is 2. The molecule has 0 aliphatic heterocycles. The minimum absolute atomic E-state index is 1.05. The predicted molar refractivity (Wildman–Crippen MR) is 78.2 cm³/mol. The topological polar surface area (TPSA) is 25.8 Å². The van der Waals surface area contributed by atoms with E-state index in [4.69, 9.17) is 4.98 Å². The van der Waals surface area contributed by atoms with Gasteiger partial charge < -0.3 is 0 Å². The van der Waals surface area contributed by atoms with Crippen molar-refractivity contribution < 1.29 is 0 Å². The van der Waals surface area contributed by atoms with Gasteiger partial charge in [-0.2, -0.15) is 0 Å². The monoisotopic (exact) mass is 268 g/mol. The highest BCUT2D eigenvalue weighted by atomic mass is 32.1. The zero-order valence-corrected chi connectivity index (χ0v) is 11.0. The normalized spacial score (nSPS) is 11.3. The third-order valence-electron chi connectivity index (χ3n) is 2.88. The molecule has 0 N–H and O–H groups in total. The molecule has 2 aromatic carbocycles. The number of hydrogen-bond acceptors (Lipinski definition) is 4. The summed E-state index contributed by atoms with van der Waals surface area (Å²) < 4.78 is 2.45. The van der Waals surface area contributed by atoms with Crippen molar-refractivity contribution in [1.82, 2.24) is 9.97 Å². The molecule has 4 heteroatoms. The molecule has 0 aliphatic rings. The van der Waals surface area contributed by atoms with Crippen molar-refractivity contribution in [2.45, 2.75) is 0 Å². The molecule has 4 aromatic rings. The van der Waals surface area contributed by atoms with E-state index < -0.39 is 0 Å². The van der Waals surface area contributed by atoms with Gasteiger partial charge >= 0.3 is 0 Å². The second-order valence-corrected chi connectivity index (χ2v) is 5.88. The van der Waals surface area contributed by atoms with E-state index in [0.29, 0.717) is 0 Å². The Morgan fingerprint density at radius 2 is 1.78 bits per heavy atom. The number of rotatable bonds is 1. The van der Waals surface area contributed by atoms with Crippen LogP contribution in [0.15, 0.2) is 48.0 Å². The smallest absolute Gasteiger partial charge is 0.126 e. The van der Waals surface area contributed by atoms with Crippen LogP contribution in [-0.2, 0) is 0 Å². The van der Waals surface area contributed by atoms with Gasteiger partial charge in [-0.25, -0.2) is 9.97 Å². The van der Waals surface area contributed by atoms with Gasteiger partial charge in [0.1, 0.15) is 5.01 Å². The van der Waals surface area contributed by atoms with Crippen LogP contribution in [0.1, 0.15) is 0 Å². The van der Waals surface area contributed by atoms with Crippen LogP contribution in [-0.4, -0.2) is 9.97 Å². The number of benzene rings is 2. The average molecular weight is 268 g/mol. The standard InChI is InChI=1S/C14H8N2S2/c1-2-7-12-10(5-1)16-14(18-12)9-4-3-6-11-13(9)17-8-15-11/h1-8H. The van der Waals surface area contributed by atoms with E-state index in [1.807, 2.05) is 23.7 Å². The summed E-state index contributed by atoms with van der Waals surface area (Å²) in [6.07, 6.45) is 0. The first-order valence-electron chi connectivity index (χ1n) is 5.60. The predicted octanol–water partition coefficient (Wildman–Crippen LogP) is 4.57. The lowest BCUT2D eigenvalue weighted by atomic mass is 10.2. The largest absolute Gasteiger partial charge is 0.245 e.